The highest BCUT2D eigenvalue weighted by atomic mass is 16.4. The Balaban J connectivity index is 2.40. The third-order valence-corrected chi connectivity index (χ3v) is 3.01. The third kappa shape index (κ3) is 1.76. The van der Waals surface area contributed by atoms with E-state index in [4.69, 9.17) is 0 Å². The van der Waals surface area contributed by atoms with E-state index in [1.54, 1.807) is 13.2 Å². The van der Waals surface area contributed by atoms with Crippen LogP contribution in [0, 0.1) is 0 Å². The number of nitrogens with zero attached hydrogens (tertiary/aromatic N) is 3. The fraction of sp³-hybridized carbons (Fsp3) is 0.0714. The molecule has 0 aliphatic heterocycles. The number of aryl methyl sites for hydroxylation is 1. The van der Waals surface area contributed by atoms with Gasteiger partial charge in [-0.05, 0) is 17.2 Å². The minimum atomic E-state index is -1.05. The second-order valence-electron chi connectivity index (χ2n) is 4.20. The van der Waals surface area contributed by atoms with Gasteiger partial charge in [0.2, 0.25) is 0 Å². The van der Waals surface area contributed by atoms with Gasteiger partial charge in [-0.2, -0.15) is 5.10 Å². The van der Waals surface area contributed by atoms with Gasteiger partial charge in [-0.15, -0.1) is 0 Å². The highest BCUT2D eigenvalue weighted by molar-refractivity contribution is 6.06. The van der Waals surface area contributed by atoms with Gasteiger partial charge < -0.3 is 5.11 Å². The molecule has 1 aromatic carbocycles. The first-order chi connectivity index (χ1) is 9.18. The van der Waals surface area contributed by atoms with E-state index in [2.05, 4.69) is 10.1 Å². The molecule has 19 heavy (non-hydrogen) atoms. The predicted octanol–water partition coefficient (Wildman–Crippen LogP) is 2.33. The van der Waals surface area contributed by atoms with Crippen molar-refractivity contribution in [1.29, 1.82) is 0 Å². The minimum absolute atomic E-state index is 0.0319. The molecular weight excluding hydrogens is 242 g/mol. The Morgan fingerprint density at radius 3 is 2.63 bits per heavy atom. The number of carbonyl (C=O) groups is 1. The van der Waals surface area contributed by atoms with Gasteiger partial charge in [0.15, 0.2) is 11.3 Å². The number of aromatic nitrogens is 3. The smallest absolute Gasteiger partial charge is 0.357 e. The molecule has 0 aliphatic carbocycles. The first-order valence-corrected chi connectivity index (χ1v) is 5.79. The molecule has 0 saturated heterocycles. The van der Waals surface area contributed by atoms with E-state index < -0.39 is 5.97 Å². The zero-order valence-electron chi connectivity index (χ0n) is 10.2. The van der Waals surface area contributed by atoms with Gasteiger partial charge in [0.1, 0.15) is 0 Å². The van der Waals surface area contributed by atoms with Crippen molar-refractivity contribution in [3.8, 4) is 11.1 Å². The zero-order chi connectivity index (χ0) is 13.4. The Kier molecular flexibility index (Phi) is 2.52. The summed E-state index contributed by atoms with van der Waals surface area (Å²) >= 11 is 0. The maximum absolute atomic E-state index is 11.3. The molecule has 0 aliphatic rings. The lowest BCUT2D eigenvalue weighted by Crippen LogP contribution is -1.99. The van der Waals surface area contributed by atoms with Crippen LogP contribution in [0.25, 0.3) is 22.2 Å². The zero-order valence-corrected chi connectivity index (χ0v) is 10.2. The monoisotopic (exact) mass is 253 g/mol. The number of fused-ring (bicyclic) bond motifs is 1. The van der Waals surface area contributed by atoms with Crippen LogP contribution in [-0.4, -0.2) is 25.8 Å². The Morgan fingerprint density at radius 2 is 1.95 bits per heavy atom. The number of carboxylic acid groups (broad SMARTS) is 1. The highest BCUT2D eigenvalue weighted by Crippen LogP contribution is 2.29. The van der Waals surface area contributed by atoms with Crippen molar-refractivity contribution in [3.63, 3.8) is 0 Å². The summed E-state index contributed by atoms with van der Waals surface area (Å²) in [6.07, 6.45) is 1.66. The first-order valence-electron chi connectivity index (χ1n) is 5.79. The number of aromatic carboxylic acids is 1. The quantitative estimate of drug-likeness (QED) is 0.761. The lowest BCUT2D eigenvalue weighted by molar-refractivity contribution is 0.0691. The van der Waals surface area contributed by atoms with Crippen molar-refractivity contribution in [2.45, 2.75) is 0 Å². The van der Waals surface area contributed by atoms with Crippen molar-refractivity contribution >= 4 is 17.0 Å². The van der Waals surface area contributed by atoms with Gasteiger partial charge in [-0.25, -0.2) is 14.5 Å². The number of hydrogen-bond donors (Lipinski definition) is 1. The molecule has 94 valence electrons. The second kappa shape index (κ2) is 4.20. The van der Waals surface area contributed by atoms with E-state index >= 15 is 0 Å². The molecule has 0 fully saturated rings. The van der Waals surface area contributed by atoms with E-state index in [0.29, 0.717) is 11.0 Å². The Morgan fingerprint density at radius 1 is 1.21 bits per heavy atom. The van der Waals surface area contributed by atoms with Gasteiger partial charge in [0.05, 0.1) is 5.39 Å². The maximum atomic E-state index is 11.3. The van der Waals surface area contributed by atoms with Gasteiger partial charge in [0.25, 0.3) is 0 Å². The predicted molar refractivity (Wildman–Crippen MR) is 70.9 cm³/mol. The average molecular weight is 253 g/mol. The molecule has 3 rings (SSSR count). The lowest BCUT2D eigenvalue weighted by Gasteiger charge is -2.03. The summed E-state index contributed by atoms with van der Waals surface area (Å²) in [5, 5.41) is 13.9. The van der Waals surface area contributed by atoms with E-state index in [1.807, 2.05) is 36.4 Å². The molecule has 0 bridgehead atoms. The molecular formula is C14H11N3O2. The van der Waals surface area contributed by atoms with Crippen LogP contribution < -0.4 is 0 Å². The SMILES string of the molecule is Cn1nc(C(=O)O)c2c(-c3ccccc3)ccnc21. The van der Waals surface area contributed by atoms with Crippen LogP contribution in [-0.2, 0) is 7.05 Å². The normalized spacial score (nSPS) is 10.8. The van der Waals surface area contributed by atoms with Gasteiger partial charge in [0, 0.05) is 13.2 Å². The summed E-state index contributed by atoms with van der Waals surface area (Å²) in [6, 6.07) is 11.4. The van der Waals surface area contributed by atoms with Crippen molar-refractivity contribution in [1.82, 2.24) is 14.8 Å². The van der Waals surface area contributed by atoms with Crippen LogP contribution in [0.15, 0.2) is 42.6 Å². The fourth-order valence-corrected chi connectivity index (χ4v) is 2.18. The summed E-state index contributed by atoms with van der Waals surface area (Å²) in [5.41, 5.74) is 2.38. The van der Waals surface area contributed by atoms with Gasteiger partial charge >= 0.3 is 5.97 Å². The molecule has 0 spiro atoms. The molecule has 2 heterocycles. The van der Waals surface area contributed by atoms with Crippen molar-refractivity contribution in [3.05, 3.63) is 48.3 Å². The van der Waals surface area contributed by atoms with Crippen molar-refractivity contribution < 1.29 is 9.90 Å². The maximum Gasteiger partial charge on any atom is 0.357 e. The molecule has 2 aromatic heterocycles. The molecule has 0 radical (unpaired) electrons. The van der Waals surface area contributed by atoms with Gasteiger partial charge in [-0.3, -0.25) is 0 Å². The van der Waals surface area contributed by atoms with Crippen LogP contribution in [0.4, 0.5) is 0 Å². The number of pyridine rings is 1. The van der Waals surface area contributed by atoms with Crippen LogP contribution in [0.3, 0.4) is 0 Å². The lowest BCUT2D eigenvalue weighted by atomic mass is 10.0. The van der Waals surface area contributed by atoms with E-state index in [9.17, 15) is 9.90 Å². The van der Waals surface area contributed by atoms with Crippen LogP contribution >= 0.6 is 0 Å². The molecule has 5 nitrogen and oxygen atoms in total. The molecule has 3 aromatic rings. The second-order valence-corrected chi connectivity index (χ2v) is 4.20. The molecule has 0 amide bonds. The number of carboxylic acids is 1. The topological polar surface area (TPSA) is 68.0 Å². The molecule has 0 atom stereocenters. The van der Waals surface area contributed by atoms with Crippen molar-refractivity contribution in [2.24, 2.45) is 7.05 Å². The summed E-state index contributed by atoms with van der Waals surface area (Å²) in [6.45, 7) is 0. The number of benzene rings is 1. The number of hydrogen-bond acceptors (Lipinski definition) is 3. The van der Waals surface area contributed by atoms with Crippen LogP contribution in [0.5, 0.6) is 0 Å². The molecule has 5 heteroatoms. The summed E-state index contributed by atoms with van der Waals surface area (Å²) in [4.78, 5) is 15.5. The van der Waals surface area contributed by atoms with E-state index in [0.717, 1.165) is 11.1 Å². The van der Waals surface area contributed by atoms with Crippen LogP contribution in [0.2, 0.25) is 0 Å². The van der Waals surface area contributed by atoms with Gasteiger partial charge in [-0.1, -0.05) is 30.3 Å². The third-order valence-electron chi connectivity index (χ3n) is 3.01. The van der Waals surface area contributed by atoms with Crippen molar-refractivity contribution in [2.75, 3.05) is 0 Å². The summed E-state index contributed by atoms with van der Waals surface area (Å²) < 4.78 is 1.49. The Bertz CT molecular complexity index is 763. The minimum Gasteiger partial charge on any atom is -0.476 e. The molecule has 0 unspecified atom stereocenters. The standard InChI is InChI=1S/C14H11N3O2/c1-17-13-11(12(16-17)14(18)19)10(7-8-15-13)9-5-3-2-4-6-9/h2-8H,1H3,(H,18,19). The highest BCUT2D eigenvalue weighted by Gasteiger charge is 2.19. The summed E-state index contributed by atoms with van der Waals surface area (Å²) in [7, 11) is 1.69. The average Bonchev–Trinajstić information content (AvgIpc) is 2.78. The Labute approximate surface area is 109 Å². The number of rotatable bonds is 2. The van der Waals surface area contributed by atoms with E-state index in [1.165, 1.54) is 4.68 Å². The molecule has 1 N–H and O–H groups in total. The fourth-order valence-electron chi connectivity index (χ4n) is 2.18. The summed E-state index contributed by atoms with van der Waals surface area (Å²) in [5.74, 6) is -1.05. The van der Waals surface area contributed by atoms with Crippen LogP contribution in [0.1, 0.15) is 10.5 Å². The Hall–Kier alpha value is -2.69. The largest absolute Gasteiger partial charge is 0.476 e. The molecule has 0 saturated carbocycles. The first kappa shape index (κ1) is 11.4. The van der Waals surface area contributed by atoms with E-state index in [-0.39, 0.29) is 5.69 Å².